The minimum atomic E-state index is -0.844. The summed E-state index contributed by atoms with van der Waals surface area (Å²) < 4.78 is 5.48. The fraction of sp³-hybridized carbons (Fsp3) is 0.945. The van der Waals surface area contributed by atoms with Crippen LogP contribution in [-0.4, -0.2) is 47.4 Å². The summed E-state index contributed by atoms with van der Waals surface area (Å²) in [4.78, 5) is 24.6. The number of hydrogen-bond donors (Lipinski definition) is 3. The molecule has 3 N–H and O–H groups in total. The van der Waals surface area contributed by atoms with E-state index in [9.17, 15) is 19.8 Å². The van der Waals surface area contributed by atoms with Crippen LogP contribution in [0.5, 0.6) is 0 Å². The molecule has 2 atom stereocenters. The Hall–Kier alpha value is -1.40. The van der Waals surface area contributed by atoms with Crippen molar-refractivity contribution in [3.8, 4) is 0 Å². The van der Waals surface area contributed by atoms with E-state index in [2.05, 4.69) is 19.2 Å². The number of rotatable bonds is 69. The average molecular weight is 1110 g/mol. The van der Waals surface area contributed by atoms with Gasteiger partial charge in [0.05, 0.1) is 25.4 Å². The van der Waals surface area contributed by atoms with Gasteiger partial charge in [0.1, 0.15) is 0 Å². The second-order valence-electron chi connectivity index (χ2n) is 25.3. The predicted octanol–water partition coefficient (Wildman–Crippen LogP) is 23.5. The van der Waals surface area contributed by atoms with Gasteiger partial charge in [-0.15, -0.1) is 0 Å². The Balaban J connectivity index is 3.38. The maximum absolute atomic E-state index is 12.5. The lowest BCUT2D eigenvalue weighted by atomic mass is 10.0. The topological polar surface area (TPSA) is 95.9 Å². The van der Waals surface area contributed by atoms with E-state index in [4.69, 9.17) is 4.74 Å². The van der Waals surface area contributed by atoms with Gasteiger partial charge < -0.3 is 20.3 Å². The van der Waals surface area contributed by atoms with Crippen molar-refractivity contribution in [1.82, 2.24) is 5.32 Å². The largest absolute Gasteiger partial charge is 0.466 e. The van der Waals surface area contributed by atoms with Crippen LogP contribution in [0.1, 0.15) is 418 Å². The lowest BCUT2D eigenvalue weighted by Gasteiger charge is -2.20. The van der Waals surface area contributed by atoms with Crippen LogP contribution in [0.15, 0.2) is 12.2 Å². The molecule has 79 heavy (non-hydrogen) atoms. The molecule has 0 aliphatic heterocycles. The number of carbonyl (C=O) groups excluding carboxylic acids is 2. The minimum absolute atomic E-state index is 0.0187. The van der Waals surface area contributed by atoms with Crippen LogP contribution < -0.4 is 5.32 Å². The van der Waals surface area contributed by atoms with E-state index in [1.807, 2.05) is 6.08 Å². The van der Waals surface area contributed by atoms with Gasteiger partial charge in [0, 0.05) is 12.8 Å². The second-order valence-corrected chi connectivity index (χ2v) is 25.3. The molecule has 0 heterocycles. The number of aliphatic hydroxyl groups excluding tert-OH is 2. The van der Waals surface area contributed by atoms with Gasteiger partial charge in [-0.05, 0) is 32.1 Å². The average Bonchev–Trinajstić information content (AvgIpc) is 3.45. The van der Waals surface area contributed by atoms with Crippen LogP contribution in [-0.2, 0) is 14.3 Å². The zero-order valence-electron chi connectivity index (χ0n) is 53.9. The summed E-state index contributed by atoms with van der Waals surface area (Å²) in [5.74, 6) is -0.0418. The molecule has 0 saturated carbocycles. The highest BCUT2D eigenvalue weighted by atomic mass is 16.5. The molecule has 6 nitrogen and oxygen atoms in total. The van der Waals surface area contributed by atoms with E-state index in [1.165, 1.54) is 353 Å². The van der Waals surface area contributed by atoms with Crippen LogP contribution >= 0.6 is 0 Å². The van der Waals surface area contributed by atoms with Crippen LogP contribution in [0.2, 0.25) is 0 Å². The monoisotopic (exact) mass is 1110 g/mol. The Morgan fingerprint density at radius 1 is 0.342 bits per heavy atom. The third kappa shape index (κ3) is 65.6. The predicted molar refractivity (Wildman–Crippen MR) is 347 cm³/mol. The van der Waals surface area contributed by atoms with Gasteiger partial charge in [0.15, 0.2) is 0 Å². The normalized spacial score (nSPS) is 12.5. The third-order valence-electron chi connectivity index (χ3n) is 17.3. The fourth-order valence-corrected chi connectivity index (χ4v) is 11.8. The van der Waals surface area contributed by atoms with Crippen molar-refractivity contribution >= 4 is 11.9 Å². The number of aliphatic hydroxyl groups is 2. The molecule has 0 rings (SSSR count). The zero-order chi connectivity index (χ0) is 57.1. The minimum Gasteiger partial charge on any atom is -0.466 e. The number of unbranched alkanes of at least 4 members (excludes halogenated alkanes) is 58. The van der Waals surface area contributed by atoms with Crippen LogP contribution in [0, 0.1) is 0 Å². The fourth-order valence-electron chi connectivity index (χ4n) is 11.8. The van der Waals surface area contributed by atoms with Gasteiger partial charge >= 0.3 is 5.97 Å². The molecule has 0 radical (unpaired) electrons. The van der Waals surface area contributed by atoms with Gasteiger partial charge in [-0.2, -0.15) is 0 Å². The van der Waals surface area contributed by atoms with Gasteiger partial charge in [0.25, 0.3) is 0 Å². The molecule has 0 aliphatic carbocycles. The number of ether oxygens (including phenoxy) is 1. The van der Waals surface area contributed by atoms with Crippen LogP contribution in [0.25, 0.3) is 0 Å². The van der Waals surface area contributed by atoms with Crippen LogP contribution in [0.4, 0.5) is 0 Å². The molecule has 0 spiro atoms. The molecule has 0 aromatic carbocycles. The van der Waals surface area contributed by atoms with Gasteiger partial charge in [-0.1, -0.05) is 386 Å². The Labute approximate surface area is 495 Å². The molecule has 0 aromatic heterocycles. The molecule has 1 amide bonds. The Morgan fingerprint density at radius 3 is 0.861 bits per heavy atom. The first kappa shape index (κ1) is 77.6. The van der Waals surface area contributed by atoms with E-state index in [-0.39, 0.29) is 18.5 Å². The molecule has 470 valence electrons. The Kier molecular flexibility index (Phi) is 67.9. The van der Waals surface area contributed by atoms with Gasteiger partial charge in [-0.25, -0.2) is 0 Å². The SMILES string of the molecule is CCCCCCCCCCCCCCCCCCCCCCCC/C=C/C(O)C(CO)NC(=O)CCCCCCCCCCCCCCCCCCCCCCCCCCCCOC(=O)CCCCCCCCCCCCCC. The summed E-state index contributed by atoms with van der Waals surface area (Å²) in [6.45, 7) is 4.95. The molecule has 6 heteroatoms. The number of carbonyl (C=O) groups is 2. The summed E-state index contributed by atoms with van der Waals surface area (Å²) in [6.07, 6.45) is 85.9. The van der Waals surface area contributed by atoms with Crippen molar-refractivity contribution in [1.29, 1.82) is 0 Å². The first-order valence-corrected chi connectivity index (χ1v) is 36.5. The summed E-state index contributed by atoms with van der Waals surface area (Å²) in [5.41, 5.74) is 0. The van der Waals surface area contributed by atoms with E-state index in [0.717, 1.165) is 38.5 Å². The van der Waals surface area contributed by atoms with Crippen molar-refractivity contribution in [2.75, 3.05) is 13.2 Å². The molecule has 0 saturated heterocycles. The van der Waals surface area contributed by atoms with Gasteiger partial charge in [-0.3, -0.25) is 9.59 Å². The molecule has 0 aromatic rings. The first-order chi connectivity index (χ1) is 39.0. The van der Waals surface area contributed by atoms with Gasteiger partial charge in [0.2, 0.25) is 5.91 Å². The van der Waals surface area contributed by atoms with E-state index < -0.39 is 12.1 Å². The highest BCUT2D eigenvalue weighted by Crippen LogP contribution is 2.19. The molecule has 0 fully saturated rings. The number of nitrogens with one attached hydrogen (secondary N) is 1. The summed E-state index contributed by atoms with van der Waals surface area (Å²) in [5, 5.41) is 23.3. The summed E-state index contributed by atoms with van der Waals surface area (Å²) in [6, 6.07) is -0.627. The Morgan fingerprint density at radius 2 is 0.582 bits per heavy atom. The lowest BCUT2D eigenvalue weighted by Crippen LogP contribution is -2.45. The maximum Gasteiger partial charge on any atom is 0.305 e. The van der Waals surface area contributed by atoms with E-state index in [0.29, 0.717) is 19.4 Å². The van der Waals surface area contributed by atoms with Crippen molar-refractivity contribution in [2.24, 2.45) is 0 Å². The standard InChI is InChI=1S/C73H143NO5/c1-3-5-7-9-11-13-15-17-18-19-20-21-22-27-30-33-36-39-42-45-49-53-57-61-65-71(76)70(69-75)74-72(77)66-62-58-54-50-46-43-40-37-34-31-28-25-23-24-26-29-32-35-38-41-44-48-52-56-60-64-68-79-73(78)67-63-59-55-51-47-16-14-12-10-8-6-4-2/h61,65,70-71,75-76H,3-60,62-64,66-69H2,1-2H3,(H,74,77)/b65-61+. The number of allylic oxidation sites excluding steroid dienone is 1. The molecular formula is C73H143NO5. The molecule has 0 aliphatic rings. The number of amides is 1. The first-order valence-electron chi connectivity index (χ1n) is 36.5. The lowest BCUT2D eigenvalue weighted by molar-refractivity contribution is -0.143. The third-order valence-corrected chi connectivity index (χ3v) is 17.3. The summed E-state index contributed by atoms with van der Waals surface area (Å²) >= 11 is 0. The van der Waals surface area contributed by atoms with Crippen molar-refractivity contribution in [3.05, 3.63) is 12.2 Å². The Bertz CT molecular complexity index is 1190. The smallest absolute Gasteiger partial charge is 0.305 e. The zero-order valence-corrected chi connectivity index (χ0v) is 53.9. The number of esters is 1. The highest BCUT2D eigenvalue weighted by Gasteiger charge is 2.18. The summed E-state index contributed by atoms with van der Waals surface area (Å²) in [7, 11) is 0. The van der Waals surface area contributed by atoms with E-state index >= 15 is 0 Å². The van der Waals surface area contributed by atoms with Crippen LogP contribution in [0.3, 0.4) is 0 Å². The van der Waals surface area contributed by atoms with Crippen molar-refractivity contribution in [2.45, 2.75) is 431 Å². The second kappa shape index (κ2) is 69.1. The van der Waals surface area contributed by atoms with E-state index in [1.54, 1.807) is 6.08 Å². The highest BCUT2D eigenvalue weighted by molar-refractivity contribution is 5.76. The maximum atomic E-state index is 12.5. The number of hydrogen-bond acceptors (Lipinski definition) is 5. The van der Waals surface area contributed by atoms with Crippen molar-refractivity contribution < 1.29 is 24.5 Å². The molecule has 2 unspecified atom stereocenters. The molecule has 0 bridgehead atoms. The molecular weight excluding hydrogens is 971 g/mol. The van der Waals surface area contributed by atoms with Crippen molar-refractivity contribution in [3.63, 3.8) is 0 Å². The quantitative estimate of drug-likeness (QED) is 0.0320.